The van der Waals surface area contributed by atoms with Crippen molar-refractivity contribution in [3.8, 4) is 0 Å². The van der Waals surface area contributed by atoms with Crippen LogP contribution in [0, 0.1) is 0 Å². The number of nitrogens with two attached hydrogens (primary N) is 1. The second-order valence-electron chi connectivity index (χ2n) is 1.38. The van der Waals surface area contributed by atoms with E-state index in [4.69, 9.17) is 5.73 Å². The molecule has 0 unspecified atom stereocenters. The molecule has 0 amide bonds. The molecule has 1 rings (SSSR count). The predicted octanol–water partition coefficient (Wildman–Crippen LogP) is 1.47. The van der Waals surface area contributed by atoms with E-state index >= 15 is 0 Å². The quantitative estimate of drug-likeness (QED) is 0.791. The summed E-state index contributed by atoms with van der Waals surface area (Å²) in [5.41, 5.74) is 5.25. The van der Waals surface area contributed by atoms with Crippen LogP contribution in [0.4, 0.5) is 0 Å². The largest absolute Gasteiger partial charge is 0.336 e. The first-order valence-corrected chi connectivity index (χ1v) is 3.01. The molecule has 3 N–H and O–H groups in total. The van der Waals surface area contributed by atoms with Crippen LogP contribution in [0.3, 0.4) is 0 Å². The molecule has 6 heteroatoms. The van der Waals surface area contributed by atoms with Gasteiger partial charge in [0.25, 0.3) is 0 Å². The standard InChI is InChI=1S/C4H6BrN3.2ClH/c5-3-2-7-4(1-6)8-3;;/h2H,1,6H2,(H,7,8);2*1H. The van der Waals surface area contributed by atoms with Crippen molar-refractivity contribution in [2.45, 2.75) is 6.54 Å². The van der Waals surface area contributed by atoms with Crippen LogP contribution in [0.15, 0.2) is 10.8 Å². The fourth-order valence-electron chi connectivity index (χ4n) is 0.441. The van der Waals surface area contributed by atoms with E-state index in [0.29, 0.717) is 6.54 Å². The van der Waals surface area contributed by atoms with Crippen LogP contribution in [0.5, 0.6) is 0 Å². The van der Waals surface area contributed by atoms with E-state index in [1.807, 2.05) is 0 Å². The van der Waals surface area contributed by atoms with Crippen molar-refractivity contribution in [2.75, 3.05) is 0 Å². The molecule has 0 saturated heterocycles. The van der Waals surface area contributed by atoms with Gasteiger partial charge in [0.2, 0.25) is 0 Å². The Labute approximate surface area is 79.7 Å². The molecule has 0 aliphatic heterocycles. The number of aromatic nitrogens is 2. The topological polar surface area (TPSA) is 54.7 Å². The summed E-state index contributed by atoms with van der Waals surface area (Å²) in [5.74, 6) is 0.803. The number of H-pyrrole nitrogens is 1. The van der Waals surface area contributed by atoms with Gasteiger partial charge in [0.15, 0.2) is 0 Å². The Kier molecular flexibility index (Phi) is 7.69. The maximum absolute atomic E-state index is 5.25. The number of halogens is 3. The van der Waals surface area contributed by atoms with E-state index in [0.717, 1.165) is 10.4 Å². The number of imidazole rings is 1. The molecule has 1 heterocycles. The van der Waals surface area contributed by atoms with Gasteiger partial charge in [-0.3, -0.25) is 0 Å². The number of hydrogen-bond donors (Lipinski definition) is 2. The lowest BCUT2D eigenvalue weighted by Gasteiger charge is -1.81. The molecule has 3 nitrogen and oxygen atoms in total. The Morgan fingerprint density at radius 1 is 1.60 bits per heavy atom. The molecular weight excluding hydrogens is 241 g/mol. The highest BCUT2D eigenvalue weighted by Crippen LogP contribution is 2.03. The SMILES string of the molecule is Cl.Cl.NCc1ncc(Br)[nH]1. The number of rotatable bonds is 1. The van der Waals surface area contributed by atoms with Gasteiger partial charge >= 0.3 is 0 Å². The molecule has 0 atom stereocenters. The van der Waals surface area contributed by atoms with Gasteiger partial charge in [0.05, 0.1) is 12.7 Å². The zero-order valence-corrected chi connectivity index (χ0v) is 8.22. The Morgan fingerprint density at radius 3 is 2.40 bits per heavy atom. The minimum absolute atomic E-state index is 0. The molecule has 1 aromatic rings. The lowest BCUT2D eigenvalue weighted by molar-refractivity contribution is 0.947. The van der Waals surface area contributed by atoms with E-state index in [1.165, 1.54) is 0 Å². The first-order chi connectivity index (χ1) is 3.83. The fraction of sp³-hybridized carbons (Fsp3) is 0.250. The molecular formula is C4H8BrCl2N3. The third-order valence-electron chi connectivity index (χ3n) is 0.791. The van der Waals surface area contributed by atoms with E-state index in [1.54, 1.807) is 6.20 Å². The highest BCUT2D eigenvalue weighted by Gasteiger charge is 1.91. The number of nitrogens with zero attached hydrogens (tertiary/aromatic N) is 1. The van der Waals surface area contributed by atoms with Gasteiger partial charge in [-0.1, -0.05) is 0 Å². The van der Waals surface area contributed by atoms with Gasteiger partial charge in [0, 0.05) is 0 Å². The Balaban J connectivity index is 0. The zero-order chi connectivity index (χ0) is 5.98. The Morgan fingerprint density at radius 2 is 2.20 bits per heavy atom. The van der Waals surface area contributed by atoms with E-state index in [9.17, 15) is 0 Å². The minimum Gasteiger partial charge on any atom is -0.336 e. The van der Waals surface area contributed by atoms with Crippen molar-refractivity contribution in [3.05, 3.63) is 16.6 Å². The number of nitrogens with one attached hydrogen (secondary N) is 1. The van der Waals surface area contributed by atoms with Crippen molar-refractivity contribution in [2.24, 2.45) is 5.73 Å². The normalized spacial score (nSPS) is 7.80. The van der Waals surface area contributed by atoms with Crippen LogP contribution in [-0.2, 0) is 6.54 Å². The second-order valence-corrected chi connectivity index (χ2v) is 2.24. The highest BCUT2D eigenvalue weighted by molar-refractivity contribution is 9.10. The molecule has 0 radical (unpaired) electrons. The maximum Gasteiger partial charge on any atom is 0.120 e. The Hall–Kier alpha value is 0.230. The zero-order valence-electron chi connectivity index (χ0n) is 5.00. The van der Waals surface area contributed by atoms with E-state index < -0.39 is 0 Å². The first kappa shape index (κ1) is 12.9. The molecule has 0 aliphatic rings. The van der Waals surface area contributed by atoms with Gasteiger partial charge in [-0.05, 0) is 15.9 Å². The van der Waals surface area contributed by atoms with Crippen LogP contribution in [0.1, 0.15) is 5.82 Å². The average molecular weight is 249 g/mol. The van der Waals surface area contributed by atoms with Crippen LogP contribution in [-0.4, -0.2) is 9.97 Å². The van der Waals surface area contributed by atoms with Gasteiger partial charge < -0.3 is 10.7 Å². The van der Waals surface area contributed by atoms with Crippen molar-refractivity contribution >= 4 is 40.7 Å². The lowest BCUT2D eigenvalue weighted by atomic mass is 10.6. The predicted molar refractivity (Wildman–Crippen MR) is 48.7 cm³/mol. The average Bonchev–Trinajstić information content (AvgIpc) is 2.14. The first-order valence-electron chi connectivity index (χ1n) is 2.22. The highest BCUT2D eigenvalue weighted by atomic mass is 79.9. The third kappa shape index (κ3) is 3.41. The van der Waals surface area contributed by atoms with E-state index in [-0.39, 0.29) is 24.8 Å². The van der Waals surface area contributed by atoms with Crippen LogP contribution in [0.25, 0.3) is 0 Å². The summed E-state index contributed by atoms with van der Waals surface area (Å²) in [6.07, 6.45) is 1.68. The van der Waals surface area contributed by atoms with E-state index in [2.05, 4.69) is 25.9 Å². The van der Waals surface area contributed by atoms with Crippen molar-refractivity contribution in [1.29, 1.82) is 0 Å². The molecule has 0 saturated carbocycles. The van der Waals surface area contributed by atoms with Gasteiger partial charge in [-0.25, -0.2) is 4.98 Å². The van der Waals surface area contributed by atoms with Crippen LogP contribution >= 0.6 is 40.7 Å². The summed E-state index contributed by atoms with van der Waals surface area (Å²) in [5, 5.41) is 0. The molecule has 1 aromatic heterocycles. The molecule has 0 bridgehead atoms. The minimum atomic E-state index is 0. The molecule has 0 fully saturated rings. The summed E-state index contributed by atoms with van der Waals surface area (Å²) < 4.78 is 0.873. The number of hydrogen-bond acceptors (Lipinski definition) is 2. The molecule has 60 valence electrons. The van der Waals surface area contributed by atoms with Gasteiger partial charge in [0.1, 0.15) is 10.4 Å². The maximum atomic E-state index is 5.25. The molecule has 0 aliphatic carbocycles. The lowest BCUT2D eigenvalue weighted by Crippen LogP contribution is -1.97. The summed E-state index contributed by atoms with van der Waals surface area (Å²) >= 11 is 3.20. The van der Waals surface area contributed by atoms with Crippen LogP contribution < -0.4 is 5.73 Å². The summed E-state index contributed by atoms with van der Waals surface area (Å²) in [4.78, 5) is 6.81. The number of aromatic amines is 1. The molecule has 0 spiro atoms. The summed E-state index contributed by atoms with van der Waals surface area (Å²) in [6, 6.07) is 0. The van der Waals surface area contributed by atoms with Gasteiger partial charge in [-0.2, -0.15) is 0 Å². The second kappa shape index (κ2) is 5.97. The fourth-order valence-corrected chi connectivity index (χ4v) is 0.772. The smallest absolute Gasteiger partial charge is 0.120 e. The molecule has 10 heavy (non-hydrogen) atoms. The van der Waals surface area contributed by atoms with Crippen molar-refractivity contribution < 1.29 is 0 Å². The Bertz CT molecular complexity index is 179. The molecule has 0 aromatic carbocycles. The third-order valence-corrected chi connectivity index (χ3v) is 1.19. The monoisotopic (exact) mass is 247 g/mol. The van der Waals surface area contributed by atoms with Crippen molar-refractivity contribution in [3.63, 3.8) is 0 Å². The van der Waals surface area contributed by atoms with Crippen LogP contribution in [0.2, 0.25) is 0 Å². The van der Waals surface area contributed by atoms with Crippen molar-refractivity contribution in [1.82, 2.24) is 9.97 Å². The summed E-state index contributed by atoms with van der Waals surface area (Å²) in [7, 11) is 0. The van der Waals surface area contributed by atoms with Gasteiger partial charge in [-0.15, -0.1) is 24.8 Å². The summed E-state index contributed by atoms with van der Waals surface area (Å²) in [6.45, 7) is 0.464.